The SMILES string of the molecule is CNC1CCC(n2cncc2-c2ccc(C)c(Cl)c2)CC1. The monoisotopic (exact) mass is 303 g/mol. The van der Waals surface area contributed by atoms with E-state index < -0.39 is 0 Å². The Balaban J connectivity index is 1.85. The Kier molecular flexibility index (Phi) is 4.32. The summed E-state index contributed by atoms with van der Waals surface area (Å²) in [7, 11) is 2.06. The minimum Gasteiger partial charge on any atom is -0.328 e. The van der Waals surface area contributed by atoms with Crippen LogP contribution in [-0.4, -0.2) is 22.6 Å². The van der Waals surface area contributed by atoms with E-state index in [0.717, 1.165) is 16.1 Å². The summed E-state index contributed by atoms with van der Waals surface area (Å²) in [5.41, 5.74) is 3.43. The molecule has 3 nitrogen and oxygen atoms in total. The molecule has 4 heteroatoms. The average Bonchev–Trinajstić information content (AvgIpc) is 2.99. The molecule has 1 aliphatic rings. The molecule has 0 amide bonds. The topological polar surface area (TPSA) is 29.9 Å². The normalized spacial score (nSPS) is 22.4. The van der Waals surface area contributed by atoms with Gasteiger partial charge in [-0.1, -0.05) is 23.7 Å². The van der Waals surface area contributed by atoms with Crippen molar-refractivity contribution in [3.05, 3.63) is 41.3 Å². The highest BCUT2D eigenvalue weighted by molar-refractivity contribution is 6.31. The molecule has 1 fully saturated rings. The summed E-state index contributed by atoms with van der Waals surface area (Å²) in [5.74, 6) is 0. The lowest BCUT2D eigenvalue weighted by atomic mass is 9.91. The Morgan fingerprint density at radius 2 is 2.00 bits per heavy atom. The van der Waals surface area contributed by atoms with Crippen LogP contribution in [0.4, 0.5) is 0 Å². The maximum atomic E-state index is 6.27. The zero-order chi connectivity index (χ0) is 14.8. The largest absolute Gasteiger partial charge is 0.328 e. The molecule has 1 aromatic heterocycles. The fraction of sp³-hybridized carbons (Fsp3) is 0.471. The first-order valence-corrected chi connectivity index (χ1v) is 8.02. The molecule has 1 aromatic carbocycles. The van der Waals surface area contributed by atoms with E-state index in [9.17, 15) is 0 Å². The first-order valence-electron chi connectivity index (χ1n) is 7.64. The van der Waals surface area contributed by atoms with Crippen LogP contribution in [0.25, 0.3) is 11.3 Å². The van der Waals surface area contributed by atoms with Gasteiger partial charge in [-0.2, -0.15) is 0 Å². The van der Waals surface area contributed by atoms with E-state index in [0.29, 0.717) is 12.1 Å². The van der Waals surface area contributed by atoms with Gasteiger partial charge in [0.2, 0.25) is 0 Å². The summed E-state index contributed by atoms with van der Waals surface area (Å²) in [5, 5.41) is 4.21. The van der Waals surface area contributed by atoms with Crippen LogP contribution in [0.1, 0.15) is 37.3 Å². The molecule has 2 aromatic rings. The van der Waals surface area contributed by atoms with E-state index >= 15 is 0 Å². The van der Waals surface area contributed by atoms with Gasteiger partial charge in [0, 0.05) is 22.7 Å². The zero-order valence-electron chi connectivity index (χ0n) is 12.6. The zero-order valence-corrected chi connectivity index (χ0v) is 13.4. The van der Waals surface area contributed by atoms with Crippen molar-refractivity contribution in [2.24, 2.45) is 0 Å². The van der Waals surface area contributed by atoms with Gasteiger partial charge >= 0.3 is 0 Å². The van der Waals surface area contributed by atoms with Crippen LogP contribution in [0.5, 0.6) is 0 Å². The highest BCUT2D eigenvalue weighted by Crippen LogP contribution is 2.33. The number of aryl methyl sites for hydroxylation is 1. The molecular formula is C17H22ClN3. The van der Waals surface area contributed by atoms with Gasteiger partial charge in [0.1, 0.15) is 0 Å². The van der Waals surface area contributed by atoms with Crippen LogP contribution >= 0.6 is 11.6 Å². The van der Waals surface area contributed by atoms with E-state index in [1.165, 1.54) is 31.4 Å². The lowest BCUT2D eigenvalue weighted by Crippen LogP contribution is -2.31. The van der Waals surface area contributed by atoms with Gasteiger partial charge in [-0.15, -0.1) is 0 Å². The second kappa shape index (κ2) is 6.20. The van der Waals surface area contributed by atoms with Gasteiger partial charge in [0.05, 0.1) is 18.2 Å². The maximum absolute atomic E-state index is 6.27. The Hall–Kier alpha value is -1.32. The molecule has 112 valence electrons. The summed E-state index contributed by atoms with van der Waals surface area (Å²) in [4.78, 5) is 4.37. The van der Waals surface area contributed by atoms with Crippen molar-refractivity contribution in [3.63, 3.8) is 0 Å². The predicted molar refractivity (Wildman–Crippen MR) is 87.8 cm³/mol. The molecule has 0 saturated heterocycles. The molecule has 0 unspecified atom stereocenters. The number of benzene rings is 1. The molecule has 1 saturated carbocycles. The lowest BCUT2D eigenvalue weighted by molar-refractivity contribution is 0.302. The summed E-state index contributed by atoms with van der Waals surface area (Å²) >= 11 is 6.27. The van der Waals surface area contributed by atoms with E-state index in [4.69, 9.17) is 11.6 Å². The van der Waals surface area contributed by atoms with Gasteiger partial charge in [0.25, 0.3) is 0 Å². The molecule has 0 radical (unpaired) electrons. The molecule has 21 heavy (non-hydrogen) atoms. The molecule has 1 N–H and O–H groups in total. The first-order chi connectivity index (χ1) is 10.2. The quantitative estimate of drug-likeness (QED) is 0.920. The fourth-order valence-electron chi connectivity index (χ4n) is 3.21. The fourth-order valence-corrected chi connectivity index (χ4v) is 3.39. The molecule has 0 bridgehead atoms. The van der Waals surface area contributed by atoms with Crippen molar-refractivity contribution in [2.75, 3.05) is 7.05 Å². The second-order valence-electron chi connectivity index (χ2n) is 5.94. The van der Waals surface area contributed by atoms with Gasteiger partial charge in [-0.05, 0) is 51.3 Å². The van der Waals surface area contributed by atoms with E-state index in [2.05, 4.69) is 34.0 Å². The molecular weight excluding hydrogens is 282 g/mol. The second-order valence-corrected chi connectivity index (χ2v) is 6.35. The van der Waals surface area contributed by atoms with Gasteiger partial charge < -0.3 is 9.88 Å². The third-order valence-corrected chi connectivity index (χ3v) is 5.04. The number of imidazole rings is 1. The Labute approximate surface area is 131 Å². The van der Waals surface area contributed by atoms with Crippen LogP contribution in [0.15, 0.2) is 30.7 Å². The lowest BCUT2D eigenvalue weighted by Gasteiger charge is -2.30. The molecule has 3 rings (SSSR count). The van der Waals surface area contributed by atoms with Gasteiger partial charge in [-0.3, -0.25) is 0 Å². The first kappa shape index (κ1) is 14.6. The van der Waals surface area contributed by atoms with Gasteiger partial charge in [0.15, 0.2) is 0 Å². The van der Waals surface area contributed by atoms with Crippen LogP contribution in [0, 0.1) is 6.92 Å². The highest BCUT2D eigenvalue weighted by atomic mass is 35.5. The Bertz CT molecular complexity index is 612. The van der Waals surface area contributed by atoms with Crippen molar-refractivity contribution in [2.45, 2.75) is 44.7 Å². The molecule has 0 aliphatic heterocycles. The summed E-state index contributed by atoms with van der Waals surface area (Å²) in [6, 6.07) is 7.47. The standard InChI is InChI=1S/C17H22ClN3/c1-12-3-4-13(9-16(12)18)17-10-20-11-21(17)15-7-5-14(19-2)6-8-15/h3-4,9-11,14-15,19H,5-8H2,1-2H3. The average molecular weight is 304 g/mol. The number of hydrogen-bond acceptors (Lipinski definition) is 2. The number of hydrogen-bond donors (Lipinski definition) is 1. The number of nitrogens with zero attached hydrogens (tertiary/aromatic N) is 2. The Morgan fingerprint density at radius 1 is 1.24 bits per heavy atom. The molecule has 0 spiro atoms. The number of halogens is 1. The Morgan fingerprint density at radius 3 is 2.67 bits per heavy atom. The number of aromatic nitrogens is 2. The van der Waals surface area contributed by atoms with E-state index in [1.54, 1.807) is 0 Å². The van der Waals surface area contributed by atoms with Crippen LogP contribution < -0.4 is 5.32 Å². The van der Waals surface area contributed by atoms with Gasteiger partial charge in [-0.25, -0.2) is 4.98 Å². The van der Waals surface area contributed by atoms with Crippen molar-refractivity contribution in [1.82, 2.24) is 14.9 Å². The number of rotatable bonds is 3. The highest BCUT2D eigenvalue weighted by Gasteiger charge is 2.23. The van der Waals surface area contributed by atoms with Crippen LogP contribution in [0.3, 0.4) is 0 Å². The van der Waals surface area contributed by atoms with Crippen molar-refractivity contribution < 1.29 is 0 Å². The molecule has 1 heterocycles. The van der Waals surface area contributed by atoms with E-state index in [-0.39, 0.29) is 0 Å². The molecule has 0 atom stereocenters. The summed E-state index contributed by atoms with van der Waals surface area (Å²) < 4.78 is 2.33. The van der Waals surface area contributed by atoms with Crippen LogP contribution in [0.2, 0.25) is 5.02 Å². The number of nitrogens with one attached hydrogen (secondary N) is 1. The predicted octanol–water partition coefficient (Wildman–Crippen LogP) is 4.22. The van der Waals surface area contributed by atoms with E-state index in [1.807, 2.05) is 25.5 Å². The van der Waals surface area contributed by atoms with Crippen molar-refractivity contribution in [1.29, 1.82) is 0 Å². The summed E-state index contributed by atoms with van der Waals surface area (Å²) in [6.07, 6.45) is 8.78. The third-order valence-electron chi connectivity index (χ3n) is 4.63. The van der Waals surface area contributed by atoms with Crippen molar-refractivity contribution in [3.8, 4) is 11.3 Å². The minimum absolute atomic E-state index is 0.548. The molecule has 1 aliphatic carbocycles. The maximum Gasteiger partial charge on any atom is 0.0953 e. The minimum atomic E-state index is 0.548. The third kappa shape index (κ3) is 2.99. The van der Waals surface area contributed by atoms with Crippen molar-refractivity contribution >= 4 is 11.6 Å². The smallest absolute Gasteiger partial charge is 0.0953 e. The van der Waals surface area contributed by atoms with Crippen LogP contribution in [-0.2, 0) is 0 Å². The summed E-state index contributed by atoms with van der Waals surface area (Å²) in [6.45, 7) is 2.03.